The Labute approximate surface area is 141 Å². The van der Waals surface area contributed by atoms with Crippen molar-refractivity contribution in [3.8, 4) is 0 Å². The van der Waals surface area contributed by atoms with E-state index in [9.17, 15) is 14.9 Å². The van der Waals surface area contributed by atoms with Gasteiger partial charge in [-0.2, -0.15) is 0 Å². The molecule has 4 aliphatic carbocycles. The molecule has 6 heteroatoms. The molecule has 4 aliphatic rings. The molecule has 0 saturated heterocycles. The molecule has 0 spiro atoms. The molecular weight excluding hydrogens is 306 g/mol. The number of amides is 2. The summed E-state index contributed by atoms with van der Waals surface area (Å²) in [5.74, 6) is 2.53. The van der Waals surface area contributed by atoms with Crippen molar-refractivity contribution in [2.45, 2.75) is 38.5 Å². The van der Waals surface area contributed by atoms with E-state index in [4.69, 9.17) is 0 Å². The first-order valence-electron chi connectivity index (χ1n) is 8.81. The summed E-state index contributed by atoms with van der Waals surface area (Å²) in [5.41, 5.74) is 0.419. The number of carbonyl (C=O) groups excluding carboxylic acids is 1. The van der Waals surface area contributed by atoms with Crippen molar-refractivity contribution in [1.29, 1.82) is 0 Å². The summed E-state index contributed by atoms with van der Waals surface area (Å²) >= 11 is 0. The molecule has 2 amide bonds. The van der Waals surface area contributed by atoms with E-state index in [-0.39, 0.29) is 22.8 Å². The van der Waals surface area contributed by atoms with Gasteiger partial charge in [0.25, 0.3) is 5.69 Å². The Balaban J connectivity index is 1.38. The van der Waals surface area contributed by atoms with Gasteiger partial charge in [0.15, 0.2) is 0 Å². The molecule has 1 aromatic carbocycles. The van der Waals surface area contributed by atoms with Crippen molar-refractivity contribution in [3.05, 3.63) is 34.4 Å². The number of benzene rings is 1. The van der Waals surface area contributed by atoms with Gasteiger partial charge < -0.3 is 10.6 Å². The molecule has 0 atom stereocenters. The van der Waals surface area contributed by atoms with Crippen LogP contribution in [-0.4, -0.2) is 17.5 Å². The van der Waals surface area contributed by atoms with Crippen molar-refractivity contribution in [2.24, 2.45) is 23.2 Å². The molecular formula is C18H23N3O3. The van der Waals surface area contributed by atoms with Crippen LogP contribution in [0, 0.1) is 33.3 Å². The van der Waals surface area contributed by atoms with E-state index >= 15 is 0 Å². The van der Waals surface area contributed by atoms with Crippen LogP contribution in [0.4, 0.5) is 16.2 Å². The smallest absolute Gasteiger partial charge is 0.319 e. The number of anilines is 1. The molecule has 128 valence electrons. The van der Waals surface area contributed by atoms with E-state index in [1.165, 1.54) is 44.6 Å². The Morgan fingerprint density at radius 3 is 2.29 bits per heavy atom. The summed E-state index contributed by atoms with van der Waals surface area (Å²) in [6, 6.07) is 5.88. The second-order valence-electron chi connectivity index (χ2n) is 8.00. The highest BCUT2D eigenvalue weighted by Crippen LogP contribution is 2.59. The summed E-state index contributed by atoms with van der Waals surface area (Å²) in [5, 5.41) is 16.6. The number of hydrogen-bond donors (Lipinski definition) is 2. The zero-order valence-corrected chi connectivity index (χ0v) is 13.7. The zero-order chi connectivity index (χ0) is 16.7. The molecule has 2 N–H and O–H groups in total. The number of nitro benzene ring substituents is 1. The molecule has 4 bridgehead atoms. The first-order chi connectivity index (χ1) is 11.5. The van der Waals surface area contributed by atoms with E-state index in [0.717, 1.165) is 17.8 Å². The average Bonchev–Trinajstić information content (AvgIpc) is 2.52. The normalized spacial score (nSPS) is 33.2. The van der Waals surface area contributed by atoms with Crippen LogP contribution < -0.4 is 10.6 Å². The minimum atomic E-state index is -0.477. The second kappa shape index (κ2) is 5.76. The van der Waals surface area contributed by atoms with Crippen LogP contribution >= 0.6 is 0 Å². The predicted octanol–water partition coefficient (Wildman–Crippen LogP) is 3.93. The highest BCUT2D eigenvalue weighted by molar-refractivity contribution is 5.91. The third-order valence-corrected chi connectivity index (χ3v) is 6.14. The van der Waals surface area contributed by atoms with Crippen molar-refractivity contribution in [2.75, 3.05) is 11.9 Å². The fourth-order valence-electron chi connectivity index (χ4n) is 5.68. The number of para-hydroxylation sites is 2. The fraction of sp³-hybridized carbons (Fsp3) is 0.611. The van der Waals surface area contributed by atoms with Crippen LogP contribution in [0.25, 0.3) is 0 Å². The molecule has 0 aromatic heterocycles. The second-order valence-corrected chi connectivity index (χ2v) is 8.00. The Hall–Kier alpha value is -2.11. The highest BCUT2D eigenvalue weighted by Gasteiger charge is 2.50. The number of nitrogens with zero attached hydrogens (tertiary/aromatic N) is 1. The molecule has 0 unspecified atom stereocenters. The quantitative estimate of drug-likeness (QED) is 0.648. The number of urea groups is 1. The van der Waals surface area contributed by atoms with Crippen molar-refractivity contribution in [3.63, 3.8) is 0 Å². The molecule has 6 nitrogen and oxygen atoms in total. The molecule has 0 aliphatic heterocycles. The van der Waals surface area contributed by atoms with Gasteiger partial charge in [-0.05, 0) is 67.8 Å². The number of hydrogen-bond acceptors (Lipinski definition) is 3. The monoisotopic (exact) mass is 329 g/mol. The van der Waals surface area contributed by atoms with Crippen molar-refractivity contribution >= 4 is 17.4 Å². The Morgan fingerprint density at radius 2 is 1.71 bits per heavy atom. The van der Waals surface area contributed by atoms with Crippen LogP contribution in [0.15, 0.2) is 24.3 Å². The van der Waals surface area contributed by atoms with Crippen LogP contribution in [0.3, 0.4) is 0 Å². The standard InChI is InChI=1S/C18H23N3O3/c22-17(20-15-3-1-2-4-16(15)21(23)24)19-11-18-8-12-5-13(9-18)7-14(6-12)10-18/h1-4,12-14H,5-11H2,(H2,19,20,22). The van der Waals surface area contributed by atoms with Crippen molar-refractivity contribution < 1.29 is 9.72 Å². The van der Waals surface area contributed by atoms with Gasteiger partial charge in [0.05, 0.1) is 4.92 Å². The summed E-state index contributed by atoms with van der Waals surface area (Å²) in [6.07, 6.45) is 7.81. The van der Waals surface area contributed by atoms with Gasteiger partial charge in [0, 0.05) is 12.6 Å². The maximum absolute atomic E-state index is 12.2. The van der Waals surface area contributed by atoms with E-state index in [1.54, 1.807) is 18.2 Å². The van der Waals surface area contributed by atoms with Gasteiger partial charge in [0.2, 0.25) is 0 Å². The first-order valence-corrected chi connectivity index (χ1v) is 8.81. The minimum Gasteiger partial charge on any atom is -0.337 e. The number of nitrogens with one attached hydrogen (secondary N) is 2. The van der Waals surface area contributed by atoms with E-state index in [0.29, 0.717) is 6.54 Å². The van der Waals surface area contributed by atoms with Gasteiger partial charge in [0.1, 0.15) is 5.69 Å². The zero-order valence-electron chi connectivity index (χ0n) is 13.7. The van der Waals surface area contributed by atoms with Gasteiger partial charge in [-0.1, -0.05) is 12.1 Å². The van der Waals surface area contributed by atoms with Gasteiger partial charge in [-0.15, -0.1) is 0 Å². The summed E-state index contributed by atoms with van der Waals surface area (Å²) < 4.78 is 0. The molecule has 24 heavy (non-hydrogen) atoms. The average molecular weight is 329 g/mol. The largest absolute Gasteiger partial charge is 0.337 e. The minimum absolute atomic E-state index is 0.0811. The summed E-state index contributed by atoms with van der Waals surface area (Å²) in [6.45, 7) is 0.683. The fourth-order valence-corrected chi connectivity index (χ4v) is 5.68. The van der Waals surface area contributed by atoms with Crippen LogP contribution in [-0.2, 0) is 0 Å². The molecule has 0 radical (unpaired) electrons. The topological polar surface area (TPSA) is 84.3 Å². The molecule has 0 heterocycles. The summed E-state index contributed by atoms with van der Waals surface area (Å²) in [4.78, 5) is 22.8. The maximum atomic E-state index is 12.2. The van der Waals surface area contributed by atoms with Crippen LogP contribution in [0.5, 0.6) is 0 Å². The number of nitro groups is 1. The van der Waals surface area contributed by atoms with Crippen molar-refractivity contribution in [1.82, 2.24) is 5.32 Å². The summed E-state index contributed by atoms with van der Waals surface area (Å²) in [7, 11) is 0. The van der Waals surface area contributed by atoms with E-state index in [2.05, 4.69) is 10.6 Å². The third kappa shape index (κ3) is 2.85. The lowest BCUT2D eigenvalue weighted by atomic mass is 9.49. The van der Waals surface area contributed by atoms with E-state index in [1.807, 2.05) is 0 Å². The van der Waals surface area contributed by atoms with Gasteiger partial charge in [-0.3, -0.25) is 10.1 Å². The first kappa shape index (κ1) is 15.4. The SMILES string of the molecule is O=C(NCC12CC3CC(CC(C3)C1)C2)Nc1ccccc1[N+](=O)[O-]. The van der Waals surface area contributed by atoms with Gasteiger partial charge in [-0.25, -0.2) is 4.79 Å². The Kier molecular flexibility index (Phi) is 3.70. The molecule has 1 aromatic rings. The van der Waals surface area contributed by atoms with E-state index < -0.39 is 4.92 Å². The molecule has 5 rings (SSSR count). The lowest BCUT2D eigenvalue weighted by Crippen LogP contribution is -2.51. The number of rotatable bonds is 4. The molecule has 4 fully saturated rings. The molecule has 4 saturated carbocycles. The maximum Gasteiger partial charge on any atom is 0.319 e. The predicted molar refractivity (Wildman–Crippen MR) is 90.7 cm³/mol. The number of carbonyl (C=O) groups is 1. The third-order valence-electron chi connectivity index (χ3n) is 6.14. The van der Waals surface area contributed by atoms with Gasteiger partial charge >= 0.3 is 6.03 Å². The van der Waals surface area contributed by atoms with Crippen LogP contribution in [0.1, 0.15) is 38.5 Å². The lowest BCUT2D eigenvalue weighted by molar-refractivity contribution is -0.383. The Morgan fingerprint density at radius 1 is 1.12 bits per heavy atom. The highest BCUT2D eigenvalue weighted by atomic mass is 16.6. The lowest BCUT2D eigenvalue weighted by Gasteiger charge is -2.56. The Bertz CT molecular complexity index is 638. The van der Waals surface area contributed by atoms with Crippen LogP contribution in [0.2, 0.25) is 0 Å².